The highest BCUT2D eigenvalue weighted by Crippen LogP contribution is 2.22. The third-order valence-corrected chi connectivity index (χ3v) is 4.67. The molecule has 0 atom stereocenters. The summed E-state index contributed by atoms with van der Waals surface area (Å²) in [6.45, 7) is 2.90. The standard InChI is InChI=1S/C18H23N3O4/c1-25-12-11-19-9-10-20(13-17(19)23)18(24)14-4-6-15(7-5-14)21-8-2-3-16(21)22/h4-7H,2-3,8-13H2,1H3. The Morgan fingerprint density at radius 1 is 1.08 bits per heavy atom. The molecule has 2 heterocycles. The van der Waals surface area contributed by atoms with Crippen molar-refractivity contribution in [2.24, 2.45) is 0 Å². The molecule has 0 N–H and O–H groups in total. The van der Waals surface area contributed by atoms with Gasteiger partial charge in [0, 0.05) is 51.0 Å². The fraction of sp³-hybridized carbons (Fsp3) is 0.500. The van der Waals surface area contributed by atoms with Crippen LogP contribution in [-0.2, 0) is 14.3 Å². The van der Waals surface area contributed by atoms with Crippen molar-refractivity contribution in [3.63, 3.8) is 0 Å². The normalized spacial score (nSPS) is 18.2. The van der Waals surface area contributed by atoms with Gasteiger partial charge in [0.1, 0.15) is 6.54 Å². The molecule has 0 aromatic heterocycles. The van der Waals surface area contributed by atoms with Gasteiger partial charge in [-0.15, -0.1) is 0 Å². The monoisotopic (exact) mass is 345 g/mol. The molecule has 7 nitrogen and oxygen atoms in total. The molecule has 3 amide bonds. The van der Waals surface area contributed by atoms with E-state index in [0.717, 1.165) is 18.7 Å². The SMILES string of the molecule is COCCN1CCN(C(=O)c2ccc(N3CCCC3=O)cc2)CC1=O. The summed E-state index contributed by atoms with van der Waals surface area (Å²) in [6, 6.07) is 7.05. The quantitative estimate of drug-likeness (QED) is 0.789. The zero-order valence-corrected chi connectivity index (χ0v) is 14.4. The van der Waals surface area contributed by atoms with Crippen molar-refractivity contribution in [3.8, 4) is 0 Å². The summed E-state index contributed by atoms with van der Waals surface area (Å²) >= 11 is 0. The van der Waals surface area contributed by atoms with Crippen LogP contribution < -0.4 is 4.90 Å². The highest BCUT2D eigenvalue weighted by Gasteiger charge is 2.28. The number of hydrogen-bond donors (Lipinski definition) is 0. The molecule has 2 fully saturated rings. The summed E-state index contributed by atoms with van der Waals surface area (Å²) < 4.78 is 5.00. The van der Waals surface area contributed by atoms with Gasteiger partial charge in [-0.3, -0.25) is 14.4 Å². The van der Waals surface area contributed by atoms with Crippen molar-refractivity contribution in [2.75, 3.05) is 51.3 Å². The fourth-order valence-corrected chi connectivity index (χ4v) is 3.21. The molecule has 2 saturated heterocycles. The minimum absolute atomic E-state index is 0.0593. The van der Waals surface area contributed by atoms with Crippen molar-refractivity contribution in [2.45, 2.75) is 12.8 Å². The van der Waals surface area contributed by atoms with Crippen LogP contribution in [0.1, 0.15) is 23.2 Å². The van der Waals surface area contributed by atoms with E-state index >= 15 is 0 Å². The minimum atomic E-state index is -0.154. The van der Waals surface area contributed by atoms with Gasteiger partial charge in [0.05, 0.1) is 6.61 Å². The second kappa shape index (κ2) is 7.65. The van der Waals surface area contributed by atoms with Crippen LogP contribution in [-0.4, -0.2) is 74.0 Å². The van der Waals surface area contributed by atoms with Crippen LogP contribution in [0.4, 0.5) is 5.69 Å². The van der Waals surface area contributed by atoms with Crippen LogP contribution in [0.2, 0.25) is 0 Å². The molecule has 0 unspecified atom stereocenters. The lowest BCUT2D eigenvalue weighted by Gasteiger charge is -2.34. The first kappa shape index (κ1) is 17.4. The van der Waals surface area contributed by atoms with E-state index in [0.29, 0.717) is 38.2 Å². The summed E-state index contributed by atoms with van der Waals surface area (Å²) in [7, 11) is 1.60. The summed E-state index contributed by atoms with van der Waals surface area (Å²) in [6.07, 6.45) is 1.45. The van der Waals surface area contributed by atoms with E-state index in [-0.39, 0.29) is 24.3 Å². The third kappa shape index (κ3) is 3.82. The van der Waals surface area contributed by atoms with E-state index in [9.17, 15) is 14.4 Å². The van der Waals surface area contributed by atoms with Crippen LogP contribution in [0.25, 0.3) is 0 Å². The van der Waals surface area contributed by atoms with E-state index in [1.54, 1.807) is 46.1 Å². The van der Waals surface area contributed by atoms with E-state index in [1.807, 2.05) is 0 Å². The molecular formula is C18H23N3O4. The molecule has 2 aliphatic heterocycles. The van der Waals surface area contributed by atoms with Crippen LogP contribution in [0.15, 0.2) is 24.3 Å². The maximum atomic E-state index is 12.6. The molecule has 3 rings (SSSR count). The van der Waals surface area contributed by atoms with Crippen molar-refractivity contribution in [1.82, 2.24) is 9.80 Å². The highest BCUT2D eigenvalue weighted by molar-refractivity contribution is 5.99. The number of nitrogens with zero attached hydrogens (tertiary/aromatic N) is 3. The number of rotatable bonds is 5. The predicted molar refractivity (Wildman–Crippen MR) is 92.4 cm³/mol. The molecule has 0 spiro atoms. The van der Waals surface area contributed by atoms with Gasteiger partial charge in [-0.05, 0) is 30.7 Å². The number of benzene rings is 1. The average Bonchev–Trinajstić information content (AvgIpc) is 3.06. The predicted octanol–water partition coefficient (Wildman–Crippen LogP) is 0.744. The molecule has 0 saturated carbocycles. The summed E-state index contributed by atoms with van der Waals surface area (Å²) in [5.41, 5.74) is 1.35. The first-order valence-electron chi connectivity index (χ1n) is 8.56. The Hall–Kier alpha value is -2.41. The number of ether oxygens (including phenoxy) is 1. The van der Waals surface area contributed by atoms with Gasteiger partial charge in [-0.2, -0.15) is 0 Å². The zero-order valence-electron chi connectivity index (χ0n) is 14.4. The number of methoxy groups -OCH3 is 1. The zero-order chi connectivity index (χ0) is 17.8. The fourth-order valence-electron chi connectivity index (χ4n) is 3.21. The van der Waals surface area contributed by atoms with Crippen LogP contribution >= 0.6 is 0 Å². The van der Waals surface area contributed by atoms with Crippen molar-refractivity contribution >= 4 is 23.4 Å². The maximum absolute atomic E-state index is 12.6. The van der Waals surface area contributed by atoms with Gasteiger partial charge in [0.25, 0.3) is 5.91 Å². The smallest absolute Gasteiger partial charge is 0.254 e. The van der Waals surface area contributed by atoms with Crippen LogP contribution in [0.5, 0.6) is 0 Å². The summed E-state index contributed by atoms with van der Waals surface area (Å²) in [5.74, 6) is -0.0909. The number of amides is 3. The molecule has 7 heteroatoms. The summed E-state index contributed by atoms with van der Waals surface area (Å²) in [5, 5.41) is 0. The second-order valence-electron chi connectivity index (χ2n) is 6.30. The Balaban J connectivity index is 1.61. The lowest BCUT2D eigenvalue weighted by atomic mass is 10.1. The van der Waals surface area contributed by atoms with Gasteiger partial charge in [-0.1, -0.05) is 0 Å². The highest BCUT2D eigenvalue weighted by atomic mass is 16.5. The van der Waals surface area contributed by atoms with Gasteiger partial charge in [0.15, 0.2) is 0 Å². The van der Waals surface area contributed by atoms with E-state index in [2.05, 4.69) is 0 Å². The van der Waals surface area contributed by atoms with Gasteiger partial charge in [0.2, 0.25) is 11.8 Å². The molecule has 134 valence electrons. The van der Waals surface area contributed by atoms with Crippen LogP contribution in [0, 0.1) is 0 Å². The molecule has 1 aromatic rings. The molecule has 0 radical (unpaired) electrons. The molecule has 2 aliphatic rings. The lowest BCUT2D eigenvalue weighted by Crippen LogP contribution is -2.52. The van der Waals surface area contributed by atoms with Crippen molar-refractivity contribution in [3.05, 3.63) is 29.8 Å². The van der Waals surface area contributed by atoms with E-state index in [4.69, 9.17) is 4.74 Å². The third-order valence-electron chi connectivity index (χ3n) is 4.67. The Bertz CT molecular complexity index is 659. The van der Waals surface area contributed by atoms with Gasteiger partial charge < -0.3 is 19.4 Å². The van der Waals surface area contributed by atoms with Crippen molar-refractivity contribution in [1.29, 1.82) is 0 Å². The minimum Gasteiger partial charge on any atom is -0.383 e. The number of piperazine rings is 1. The Morgan fingerprint density at radius 2 is 1.84 bits per heavy atom. The average molecular weight is 345 g/mol. The Labute approximate surface area is 147 Å². The lowest BCUT2D eigenvalue weighted by molar-refractivity contribution is -0.135. The molecule has 1 aromatic carbocycles. The number of hydrogen-bond acceptors (Lipinski definition) is 4. The van der Waals surface area contributed by atoms with Crippen LogP contribution in [0.3, 0.4) is 0 Å². The number of carbonyl (C=O) groups is 3. The number of anilines is 1. The largest absolute Gasteiger partial charge is 0.383 e. The first-order chi connectivity index (χ1) is 12.1. The Kier molecular flexibility index (Phi) is 5.33. The molecule has 0 bridgehead atoms. The molecular weight excluding hydrogens is 322 g/mol. The topological polar surface area (TPSA) is 70.2 Å². The van der Waals surface area contributed by atoms with E-state index < -0.39 is 0 Å². The van der Waals surface area contributed by atoms with Gasteiger partial charge >= 0.3 is 0 Å². The molecule has 0 aliphatic carbocycles. The second-order valence-corrected chi connectivity index (χ2v) is 6.30. The Morgan fingerprint density at radius 3 is 2.44 bits per heavy atom. The maximum Gasteiger partial charge on any atom is 0.254 e. The van der Waals surface area contributed by atoms with E-state index in [1.165, 1.54) is 0 Å². The first-order valence-corrected chi connectivity index (χ1v) is 8.56. The summed E-state index contributed by atoms with van der Waals surface area (Å²) in [4.78, 5) is 41.6. The van der Waals surface area contributed by atoms with Crippen molar-refractivity contribution < 1.29 is 19.1 Å². The number of carbonyl (C=O) groups excluding carboxylic acids is 3. The van der Waals surface area contributed by atoms with Gasteiger partial charge in [-0.25, -0.2) is 0 Å². The molecule has 25 heavy (non-hydrogen) atoms.